The first-order chi connectivity index (χ1) is 24.3. The second-order valence-electron chi connectivity index (χ2n) is 12.5. The van der Waals surface area contributed by atoms with Gasteiger partial charge in [-0.05, 0) is 59.3 Å². The standard InChI is InChI=1S/C43H25N5S/c1-2-11-27-22-28(20-19-26(27)10-1)40-42-41(32-15-5-8-18-39(32)49-42)46-43(45-40)48-36-17-7-4-14-31(36)34-23-37-33(24-38(34)48)30-13-3-6-16-35(30)47(37)29-12-9-21-44-25-29/h1-25H. The fourth-order valence-electron chi connectivity index (χ4n) is 7.62. The lowest BCUT2D eigenvalue weighted by Gasteiger charge is -2.11. The monoisotopic (exact) mass is 643 g/mol. The summed E-state index contributed by atoms with van der Waals surface area (Å²) in [5.74, 6) is 0.667. The van der Waals surface area contributed by atoms with E-state index in [0.29, 0.717) is 5.95 Å². The van der Waals surface area contributed by atoms with Gasteiger partial charge in [0.05, 0.1) is 49.9 Å². The first-order valence-electron chi connectivity index (χ1n) is 16.4. The van der Waals surface area contributed by atoms with Gasteiger partial charge < -0.3 is 4.57 Å². The molecule has 0 atom stereocenters. The molecule has 0 fully saturated rings. The van der Waals surface area contributed by atoms with Crippen LogP contribution in [0.5, 0.6) is 0 Å². The lowest BCUT2D eigenvalue weighted by molar-refractivity contribution is 1.02. The van der Waals surface area contributed by atoms with Crippen molar-refractivity contribution in [1.82, 2.24) is 24.1 Å². The molecule has 11 aromatic rings. The van der Waals surface area contributed by atoms with E-state index in [2.05, 4.69) is 148 Å². The zero-order valence-electron chi connectivity index (χ0n) is 26.1. The Labute approximate surface area is 284 Å². The van der Waals surface area contributed by atoms with Crippen molar-refractivity contribution in [2.45, 2.75) is 0 Å². The summed E-state index contributed by atoms with van der Waals surface area (Å²) in [5.41, 5.74) is 8.49. The van der Waals surface area contributed by atoms with Crippen LogP contribution in [-0.2, 0) is 0 Å². The summed E-state index contributed by atoms with van der Waals surface area (Å²) >= 11 is 1.76. The smallest absolute Gasteiger partial charge is 0.235 e. The van der Waals surface area contributed by atoms with Crippen molar-refractivity contribution in [3.05, 3.63) is 152 Å². The molecule has 228 valence electrons. The molecule has 0 aliphatic carbocycles. The van der Waals surface area contributed by atoms with Gasteiger partial charge in [0, 0.05) is 43.4 Å². The van der Waals surface area contributed by atoms with Crippen molar-refractivity contribution in [3.8, 4) is 22.9 Å². The summed E-state index contributed by atoms with van der Waals surface area (Å²) in [4.78, 5) is 15.3. The summed E-state index contributed by atoms with van der Waals surface area (Å²) in [6, 6.07) is 49.7. The molecule has 6 aromatic carbocycles. The highest BCUT2D eigenvalue weighted by molar-refractivity contribution is 7.26. The van der Waals surface area contributed by atoms with Crippen LogP contribution in [0.1, 0.15) is 0 Å². The van der Waals surface area contributed by atoms with Gasteiger partial charge in [0.2, 0.25) is 5.95 Å². The summed E-state index contributed by atoms with van der Waals surface area (Å²) in [7, 11) is 0. The average molecular weight is 644 g/mol. The third-order valence-corrected chi connectivity index (χ3v) is 11.0. The molecule has 0 saturated heterocycles. The quantitative estimate of drug-likeness (QED) is 0.192. The number of hydrogen-bond acceptors (Lipinski definition) is 4. The van der Waals surface area contributed by atoms with E-state index in [0.717, 1.165) is 65.4 Å². The van der Waals surface area contributed by atoms with E-state index in [9.17, 15) is 0 Å². The van der Waals surface area contributed by atoms with Gasteiger partial charge in [-0.25, -0.2) is 9.97 Å². The molecule has 11 rings (SSSR count). The molecular formula is C43H25N5S. The summed E-state index contributed by atoms with van der Waals surface area (Å²) in [6.45, 7) is 0. The Morgan fingerprint density at radius 1 is 0.490 bits per heavy atom. The molecule has 5 aromatic heterocycles. The largest absolute Gasteiger partial charge is 0.308 e. The Morgan fingerprint density at radius 2 is 1.16 bits per heavy atom. The lowest BCUT2D eigenvalue weighted by Crippen LogP contribution is -2.02. The average Bonchev–Trinajstić information content (AvgIpc) is 3.81. The van der Waals surface area contributed by atoms with E-state index in [4.69, 9.17) is 9.97 Å². The van der Waals surface area contributed by atoms with Crippen molar-refractivity contribution >= 4 is 86.0 Å². The maximum atomic E-state index is 5.46. The van der Waals surface area contributed by atoms with Gasteiger partial charge in [-0.2, -0.15) is 0 Å². The maximum absolute atomic E-state index is 5.46. The summed E-state index contributed by atoms with van der Waals surface area (Å²) < 4.78 is 6.89. The van der Waals surface area contributed by atoms with Crippen molar-refractivity contribution in [1.29, 1.82) is 0 Å². The second kappa shape index (κ2) is 10.1. The van der Waals surface area contributed by atoms with Crippen LogP contribution in [0.25, 0.3) is 97.6 Å². The van der Waals surface area contributed by atoms with Crippen molar-refractivity contribution in [2.75, 3.05) is 0 Å². The van der Waals surface area contributed by atoms with Gasteiger partial charge in [-0.3, -0.25) is 9.55 Å². The summed E-state index contributed by atoms with van der Waals surface area (Å²) in [5, 5.41) is 8.24. The molecule has 6 heteroatoms. The van der Waals surface area contributed by atoms with Crippen LogP contribution in [0.4, 0.5) is 0 Å². The number of rotatable bonds is 3. The van der Waals surface area contributed by atoms with Crippen LogP contribution < -0.4 is 0 Å². The second-order valence-corrected chi connectivity index (χ2v) is 13.6. The molecular weight excluding hydrogens is 619 g/mol. The minimum absolute atomic E-state index is 0.667. The zero-order valence-corrected chi connectivity index (χ0v) is 26.9. The molecule has 0 aliphatic rings. The van der Waals surface area contributed by atoms with E-state index in [1.807, 2.05) is 18.5 Å². The highest BCUT2D eigenvalue weighted by Gasteiger charge is 2.22. The minimum Gasteiger partial charge on any atom is -0.308 e. The molecule has 0 spiro atoms. The number of hydrogen-bond donors (Lipinski definition) is 0. The number of para-hydroxylation sites is 2. The minimum atomic E-state index is 0.667. The SMILES string of the molecule is c1cncc(-n2c3ccccc3c3cc4c(cc32)c2ccccc2n4-c2nc(-c3ccc4ccccc4c3)c3sc4ccccc4c3n2)c1. The fourth-order valence-corrected chi connectivity index (χ4v) is 8.78. The molecule has 5 nitrogen and oxygen atoms in total. The normalized spacial score (nSPS) is 12.1. The van der Waals surface area contributed by atoms with Gasteiger partial charge in [0.25, 0.3) is 0 Å². The van der Waals surface area contributed by atoms with Crippen molar-refractivity contribution in [3.63, 3.8) is 0 Å². The highest BCUT2D eigenvalue weighted by Crippen LogP contribution is 2.42. The topological polar surface area (TPSA) is 48.5 Å². The molecule has 0 aliphatic heterocycles. The first-order valence-corrected chi connectivity index (χ1v) is 17.2. The Kier molecular flexibility index (Phi) is 5.48. The Hall–Kier alpha value is -6.37. The number of nitrogens with zero attached hydrogens (tertiary/aromatic N) is 5. The Bertz CT molecular complexity index is 3110. The van der Waals surface area contributed by atoms with Crippen LogP contribution in [0.2, 0.25) is 0 Å². The van der Waals surface area contributed by atoms with Crippen LogP contribution in [0, 0.1) is 0 Å². The Morgan fingerprint density at radius 3 is 1.94 bits per heavy atom. The summed E-state index contributed by atoms with van der Waals surface area (Å²) in [6.07, 6.45) is 3.75. The van der Waals surface area contributed by atoms with Crippen LogP contribution in [-0.4, -0.2) is 24.1 Å². The van der Waals surface area contributed by atoms with E-state index in [1.54, 1.807) is 11.3 Å². The Balaban J connectivity index is 1.27. The number of aromatic nitrogens is 5. The highest BCUT2D eigenvalue weighted by atomic mass is 32.1. The van der Waals surface area contributed by atoms with Gasteiger partial charge in [-0.1, -0.05) is 91.0 Å². The van der Waals surface area contributed by atoms with Crippen molar-refractivity contribution < 1.29 is 0 Å². The number of benzene rings is 6. The molecule has 0 amide bonds. The molecule has 0 unspecified atom stereocenters. The van der Waals surface area contributed by atoms with E-state index >= 15 is 0 Å². The van der Waals surface area contributed by atoms with Gasteiger partial charge in [0.15, 0.2) is 0 Å². The molecule has 0 N–H and O–H groups in total. The van der Waals surface area contributed by atoms with E-state index < -0.39 is 0 Å². The van der Waals surface area contributed by atoms with Crippen LogP contribution in [0.3, 0.4) is 0 Å². The van der Waals surface area contributed by atoms with Gasteiger partial charge >= 0.3 is 0 Å². The van der Waals surface area contributed by atoms with E-state index in [-0.39, 0.29) is 0 Å². The molecule has 0 radical (unpaired) electrons. The first kappa shape index (κ1) is 26.7. The predicted molar refractivity (Wildman–Crippen MR) is 204 cm³/mol. The van der Waals surface area contributed by atoms with Crippen LogP contribution >= 0.6 is 11.3 Å². The maximum Gasteiger partial charge on any atom is 0.235 e. The number of pyridine rings is 1. The molecule has 0 saturated carbocycles. The molecule has 49 heavy (non-hydrogen) atoms. The van der Waals surface area contributed by atoms with E-state index in [1.165, 1.54) is 26.2 Å². The van der Waals surface area contributed by atoms with Crippen LogP contribution in [0.15, 0.2) is 152 Å². The lowest BCUT2D eigenvalue weighted by atomic mass is 10.0. The van der Waals surface area contributed by atoms with Gasteiger partial charge in [-0.15, -0.1) is 11.3 Å². The third-order valence-electron chi connectivity index (χ3n) is 9.80. The molecule has 0 bridgehead atoms. The van der Waals surface area contributed by atoms with Gasteiger partial charge in [0.1, 0.15) is 0 Å². The third kappa shape index (κ3) is 3.83. The fraction of sp³-hybridized carbons (Fsp3) is 0. The number of fused-ring (bicyclic) bond motifs is 10. The predicted octanol–water partition coefficient (Wildman–Crippen LogP) is 11.3. The van der Waals surface area contributed by atoms with Crippen molar-refractivity contribution in [2.24, 2.45) is 0 Å². The zero-order chi connectivity index (χ0) is 32.1. The number of thiophene rings is 1. The molecule has 5 heterocycles.